The Bertz CT molecular complexity index is 1830. The first-order valence-electron chi connectivity index (χ1n) is 15.9. The maximum atomic E-state index is 4.44. The van der Waals surface area contributed by atoms with Gasteiger partial charge in [-0.2, -0.15) is 4.37 Å². The zero-order valence-corrected chi connectivity index (χ0v) is 33.3. The van der Waals surface area contributed by atoms with Gasteiger partial charge in [0.2, 0.25) is 0 Å². The first kappa shape index (κ1) is 40.9. The minimum Gasteiger partial charge on any atom is -0.262 e. The first-order valence-corrected chi connectivity index (χ1v) is 18.4. The van der Waals surface area contributed by atoms with E-state index in [9.17, 15) is 0 Å². The number of fused-ring (bicyclic) bond motifs is 1. The lowest BCUT2D eigenvalue weighted by atomic mass is 10.1. The van der Waals surface area contributed by atoms with E-state index in [-0.39, 0.29) is 0 Å². The summed E-state index contributed by atoms with van der Waals surface area (Å²) in [7, 11) is 0. The molecule has 0 radical (unpaired) electrons. The number of pyridine rings is 3. The summed E-state index contributed by atoms with van der Waals surface area (Å²) in [5, 5.41) is 16.2. The van der Waals surface area contributed by atoms with E-state index < -0.39 is 0 Å². The largest absolute Gasteiger partial charge is 0.262 e. The van der Waals surface area contributed by atoms with Gasteiger partial charge in [-0.25, -0.2) is 4.98 Å². The van der Waals surface area contributed by atoms with Crippen LogP contribution in [0.5, 0.6) is 0 Å². The molecule has 10 heteroatoms. The molecule has 6 heterocycles. The van der Waals surface area contributed by atoms with Gasteiger partial charge < -0.3 is 0 Å². The Kier molecular flexibility index (Phi) is 18.1. The fraction of sp³-hybridized carbons (Fsp3) is 0.308. The third-order valence-electron chi connectivity index (χ3n) is 6.51. The molecule has 0 atom stereocenters. The maximum Gasteiger partial charge on any atom is 0.114 e. The highest BCUT2D eigenvalue weighted by Gasteiger charge is 1.97. The lowest BCUT2D eigenvalue weighted by Crippen LogP contribution is -1.85. The number of benzene rings is 1. The number of aryl methyl sites for hydroxylation is 12. The van der Waals surface area contributed by atoms with Gasteiger partial charge in [-0.15, -0.1) is 32.9 Å². The standard InChI is InChI=1S/C11H11N.2C7H9N.2C5H7NS.C4H6N2S/c1-8-7-9(2)12-11-6-4-3-5-10(8)11;1-6-3-4-8-7(2)5-6;1-6-3-4-7(2)8-5-6;1-4-3-7-5(2)6-4;1-4-3-7-6-5(4)2;1-3-5-6-4(2)7-3/h3-7H,1-2H3;2*3-5H,1-2H3;2*3H,1-2H3;1-2H3. The van der Waals surface area contributed by atoms with Crippen molar-refractivity contribution in [1.82, 2.24) is 34.5 Å². The molecule has 7 rings (SSSR count). The van der Waals surface area contributed by atoms with Crippen molar-refractivity contribution in [3.63, 3.8) is 0 Å². The smallest absolute Gasteiger partial charge is 0.114 e. The molecule has 0 saturated heterocycles. The summed E-state index contributed by atoms with van der Waals surface area (Å²) >= 11 is 4.83. The minimum atomic E-state index is 1.04. The molecule has 0 aliphatic rings. The van der Waals surface area contributed by atoms with E-state index >= 15 is 0 Å². The molecule has 7 aromatic rings. The van der Waals surface area contributed by atoms with Crippen LogP contribution in [0.4, 0.5) is 0 Å². The van der Waals surface area contributed by atoms with Crippen molar-refractivity contribution in [1.29, 1.82) is 0 Å². The topological polar surface area (TPSA) is 90.2 Å². The van der Waals surface area contributed by atoms with Crippen molar-refractivity contribution in [3.8, 4) is 0 Å². The maximum absolute atomic E-state index is 4.44. The van der Waals surface area contributed by atoms with E-state index in [1.807, 2.05) is 99.0 Å². The van der Waals surface area contributed by atoms with E-state index in [4.69, 9.17) is 0 Å². The van der Waals surface area contributed by atoms with Crippen LogP contribution in [0.1, 0.15) is 65.7 Å². The Labute approximate surface area is 304 Å². The fourth-order valence-corrected chi connectivity index (χ4v) is 5.82. The molecule has 0 unspecified atom stereocenters. The van der Waals surface area contributed by atoms with Gasteiger partial charge in [-0.1, -0.05) is 24.3 Å². The molecule has 6 aromatic heterocycles. The second kappa shape index (κ2) is 21.7. The number of hydrogen-bond acceptors (Lipinski definition) is 10. The SMILES string of the molecule is Cc1cc(C)c2ccccc2n1.Cc1ccc(C)nc1.Cc1ccnc(C)c1.Cc1csc(C)n1.Cc1csnc1C.Cc1nnc(C)s1. The van der Waals surface area contributed by atoms with Crippen LogP contribution in [0.25, 0.3) is 10.9 Å². The van der Waals surface area contributed by atoms with E-state index in [1.54, 1.807) is 22.7 Å². The van der Waals surface area contributed by atoms with Gasteiger partial charge >= 0.3 is 0 Å². The average molecular weight is 712 g/mol. The summed E-state index contributed by atoms with van der Waals surface area (Å²) in [4.78, 5) is 16.7. The van der Waals surface area contributed by atoms with Crippen LogP contribution in [0.3, 0.4) is 0 Å². The minimum absolute atomic E-state index is 1.04. The predicted molar refractivity (Wildman–Crippen MR) is 211 cm³/mol. The van der Waals surface area contributed by atoms with Gasteiger partial charge in [0, 0.05) is 51.3 Å². The molecule has 0 N–H and O–H groups in total. The highest BCUT2D eigenvalue weighted by molar-refractivity contribution is 7.11. The van der Waals surface area contributed by atoms with E-state index in [1.165, 1.54) is 39.2 Å². The summed E-state index contributed by atoms with van der Waals surface area (Å²) in [6.45, 7) is 24.2. The van der Waals surface area contributed by atoms with Crippen molar-refractivity contribution in [3.05, 3.63) is 143 Å². The highest BCUT2D eigenvalue weighted by atomic mass is 32.1. The van der Waals surface area contributed by atoms with Gasteiger partial charge in [-0.3, -0.25) is 15.0 Å². The van der Waals surface area contributed by atoms with E-state index in [0.29, 0.717) is 0 Å². The van der Waals surface area contributed by atoms with Crippen LogP contribution in [0.2, 0.25) is 0 Å². The van der Waals surface area contributed by atoms with E-state index in [0.717, 1.165) is 49.0 Å². The molecule has 0 spiro atoms. The Morgan fingerprint density at radius 2 is 1.22 bits per heavy atom. The first-order chi connectivity index (χ1) is 23.2. The summed E-state index contributed by atoms with van der Waals surface area (Å²) < 4.78 is 4.06. The second-order valence-electron chi connectivity index (χ2n) is 11.5. The fourth-order valence-electron chi connectivity index (χ4n) is 3.96. The van der Waals surface area contributed by atoms with Gasteiger partial charge in [0.1, 0.15) is 10.0 Å². The zero-order chi connectivity index (χ0) is 36.3. The number of rotatable bonds is 0. The molecule has 7 nitrogen and oxygen atoms in total. The number of aromatic nitrogens is 7. The molecular formula is C39H49N7S3. The van der Waals surface area contributed by atoms with Crippen LogP contribution in [-0.2, 0) is 0 Å². The van der Waals surface area contributed by atoms with Gasteiger partial charge in [-0.05, 0) is 147 Å². The Morgan fingerprint density at radius 1 is 0.531 bits per heavy atom. The highest BCUT2D eigenvalue weighted by Crippen LogP contribution is 2.16. The lowest BCUT2D eigenvalue weighted by molar-refractivity contribution is 1.02. The predicted octanol–water partition coefficient (Wildman–Crippen LogP) is 10.9. The van der Waals surface area contributed by atoms with Crippen molar-refractivity contribution in [2.45, 2.75) is 83.1 Å². The molecule has 0 fully saturated rings. The third kappa shape index (κ3) is 17.1. The quantitative estimate of drug-likeness (QED) is 0.155. The van der Waals surface area contributed by atoms with Crippen LogP contribution in [0, 0.1) is 83.1 Å². The molecular weight excluding hydrogens is 663 g/mol. The van der Waals surface area contributed by atoms with Gasteiger partial charge in [0.15, 0.2) is 0 Å². The Balaban J connectivity index is 0.000000207. The molecule has 49 heavy (non-hydrogen) atoms. The molecule has 0 aliphatic carbocycles. The number of para-hydroxylation sites is 1. The third-order valence-corrected chi connectivity index (χ3v) is 9.00. The molecule has 1 aromatic carbocycles. The van der Waals surface area contributed by atoms with Crippen molar-refractivity contribution < 1.29 is 0 Å². The van der Waals surface area contributed by atoms with Crippen LogP contribution in [-0.4, -0.2) is 34.5 Å². The van der Waals surface area contributed by atoms with Crippen molar-refractivity contribution in [2.75, 3.05) is 0 Å². The van der Waals surface area contributed by atoms with Crippen LogP contribution < -0.4 is 0 Å². The monoisotopic (exact) mass is 711 g/mol. The average Bonchev–Trinajstić information content (AvgIpc) is 3.75. The number of nitrogens with zero attached hydrogens (tertiary/aromatic N) is 7. The second-order valence-corrected chi connectivity index (χ2v) is 14.6. The Morgan fingerprint density at radius 3 is 1.61 bits per heavy atom. The van der Waals surface area contributed by atoms with Crippen molar-refractivity contribution >= 4 is 45.1 Å². The summed E-state index contributed by atoms with van der Waals surface area (Å²) in [5.74, 6) is 0. The number of thiazole rings is 1. The molecule has 0 aliphatic heterocycles. The zero-order valence-electron chi connectivity index (χ0n) is 30.9. The molecule has 0 bridgehead atoms. The molecule has 0 amide bonds. The summed E-state index contributed by atoms with van der Waals surface area (Å²) in [6, 6.07) is 18.5. The van der Waals surface area contributed by atoms with E-state index in [2.05, 4.69) is 96.4 Å². The molecule has 258 valence electrons. The summed E-state index contributed by atoms with van der Waals surface area (Å²) in [5.41, 5.74) is 11.7. The van der Waals surface area contributed by atoms with Crippen LogP contribution in [0.15, 0.2) is 77.8 Å². The number of hydrogen-bond donors (Lipinski definition) is 0. The Hall–Kier alpha value is -4.25. The normalized spacial score (nSPS) is 9.63. The lowest BCUT2D eigenvalue weighted by Gasteiger charge is -2.01. The van der Waals surface area contributed by atoms with Gasteiger partial charge in [0.05, 0.1) is 16.2 Å². The van der Waals surface area contributed by atoms with Gasteiger partial charge in [0.25, 0.3) is 0 Å². The molecule has 0 saturated carbocycles. The van der Waals surface area contributed by atoms with Crippen LogP contribution >= 0.6 is 34.2 Å². The van der Waals surface area contributed by atoms with Crippen molar-refractivity contribution in [2.24, 2.45) is 0 Å². The summed E-state index contributed by atoms with van der Waals surface area (Å²) in [6.07, 6.45) is 3.69.